The molecule has 40 heavy (non-hydrogen) atoms. The molecule has 7 nitrogen and oxygen atoms in total. The van der Waals surface area contributed by atoms with Gasteiger partial charge in [-0.25, -0.2) is 8.42 Å². The molecule has 0 aliphatic heterocycles. The van der Waals surface area contributed by atoms with E-state index in [2.05, 4.69) is 21.2 Å². The topological polar surface area (TPSA) is 86.8 Å². The second kappa shape index (κ2) is 14.3. The Bertz CT molecular complexity index is 1420. The number of amides is 2. The average Bonchev–Trinajstić information content (AvgIpc) is 2.89. The number of anilines is 1. The van der Waals surface area contributed by atoms with Gasteiger partial charge in [-0.1, -0.05) is 85.6 Å². The summed E-state index contributed by atoms with van der Waals surface area (Å²) >= 11 is 16.4. The zero-order chi connectivity index (χ0) is 29.4. The Kier molecular flexibility index (Phi) is 11.5. The zero-order valence-electron chi connectivity index (χ0n) is 22.5. The summed E-state index contributed by atoms with van der Waals surface area (Å²) in [5.74, 6) is -0.765. The van der Waals surface area contributed by atoms with Gasteiger partial charge in [0.1, 0.15) is 12.6 Å². The number of hydrogen-bond donors (Lipinski definition) is 1. The molecule has 1 N–H and O–H groups in total. The van der Waals surface area contributed by atoms with E-state index in [0.29, 0.717) is 32.3 Å². The average molecular weight is 669 g/mol. The SMILES string of the molecule is CC(C)CNC(=O)[C@H](Cc1ccccc1)N(Cc1c(Cl)cccc1Cl)C(=O)CN(c1ccccc1Br)S(C)(=O)=O. The molecule has 0 heterocycles. The Morgan fingerprint density at radius 3 is 2.10 bits per heavy atom. The number of sulfonamides is 1. The number of carbonyl (C=O) groups excluding carboxylic acids is 2. The van der Waals surface area contributed by atoms with E-state index >= 15 is 0 Å². The molecule has 0 fully saturated rings. The van der Waals surface area contributed by atoms with Crippen molar-refractivity contribution in [3.8, 4) is 0 Å². The van der Waals surface area contributed by atoms with Crippen LogP contribution >= 0.6 is 39.1 Å². The Labute approximate surface area is 254 Å². The van der Waals surface area contributed by atoms with E-state index in [9.17, 15) is 18.0 Å². The normalized spacial score (nSPS) is 12.2. The summed E-state index contributed by atoms with van der Waals surface area (Å²) in [6.07, 6.45) is 1.23. The van der Waals surface area contributed by atoms with Gasteiger partial charge in [0.25, 0.3) is 0 Å². The maximum atomic E-state index is 14.1. The monoisotopic (exact) mass is 667 g/mol. The number of benzene rings is 3. The van der Waals surface area contributed by atoms with Gasteiger partial charge in [0.2, 0.25) is 21.8 Å². The van der Waals surface area contributed by atoms with Crippen LogP contribution in [0.4, 0.5) is 5.69 Å². The van der Waals surface area contributed by atoms with Gasteiger partial charge in [0, 0.05) is 39.6 Å². The van der Waals surface area contributed by atoms with Gasteiger partial charge < -0.3 is 10.2 Å². The lowest BCUT2D eigenvalue weighted by Crippen LogP contribution is -2.53. The highest BCUT2D eigenvalue weighted by molar-refractivity contribution is 9.10. The lowest BCUT2D eigenvalue weighted by atomic mass is 10.0. The van der Waals surface area contributed by atoms with Crippen molar-refractivity contribution in [2.24, 2.45) is 5.92 Å². The number of rotatable bonds is 12. The first kappa shape index (κ1) is 31.9. The highest BCUT2D eigenvalue weighted by Crippen LogP contribution is 2.30. The van der Waals surface area contributed by atoms with Crippen LogP contribution < -0.4 is 9.62 Å². The number of hydrogen-bond acceptors (Lipinski definition) is 4. The van der Waals surface area contributed by atoms with E-state index in [0.717, 1.165) is 16.1 Å². The second-order valence-corrected chi connectivity index (χ2v) is 13.4. The Morgan fingerprint density at radius 1 is 0.925 bits per heavy atom. The molecular formula is C29H32BrCl2N3O4S. The van der Waals surface area contributed by atoms with Gasteiger partial charge >= 0.3 is 0 Å². The predicted molar refractivity (Wildman–Crippen MR) is 165 cm³/mol. The third-order valence-electron chi connectivity index (χ3n) is 6.15. The maximum Gasteiger partial charge on any atom is 0.244 e. The highest BCUT2D eigenvalue weighted by Gasteiger charge is 2.34. The fourth-order valence-electron chi connectivity index (χ4n) is 4.08. The lowest BCUT2D eigenvalue weighted by molar-refractivity contribution is -0.140. The van der Waals surface area contributed by atoms with E-state index < -0.39 is 28.5 Å². The Balaban J connectivity index is 2.10. The summed E-state index contributed by atoms with van der Waals surface area (Å²) in [4.78, 5) is 29.1. The molecule has 3 aromatic rings. The van der Waals surface area contributed by atoms with Crippen LogP contribution in [-0.4, -0.2) is 50.5 Å². The summed E-state index contributed by atoms with van der Waals surface area (Å²) in [6, 6.07) is 20.1. The van der Waals surface area contributed by atoms with E-state index in [1.807, 2.05) is 44.2 Å². The van der Waals surface area contributed by atoms with E-state index in [1.54, 1.807) is 42.5 Å². The molecule has 0 aliphatic rings. The van der Waals surface area contributed by atoms with Crippen LogP contribution in [-0.2, 0) is 32.6 Å². The van der Waals surface area contributed by atoms with Gasteiger partial charge in [-0.3, -0.25) is 13.9 Å². The molecule has 3 rings (SSSR count). The smallest absolute Gasteiger partial charge is 0.244 e. The van der Waals surface area contributed by atoms with Crippen molar-refractivity contribution in [2.75, 3.05) is 23.7 Å². The minimum atomic E-state index is -3.88. The van der Waals surface area contributed by atoms with Crippen LogP contribution in [0.15, 0.2) is 77.3 Å². The molecule has 0 saturated heterocycles. The number of carbonyl (C=O) groups is 2. The Morgan fingerprint density at radius 2 is 1.52 bits per heavy atom. The quantitative estimate of drug-likeness (QED) is 0.259. The van der Waals surface area contributed by atoms with Crippen LogP contribution in [0.1, 0.15) is 25.0 Å². The fourth-order valence-corrected chi connectivity index (χ4v) is 6.07. The maximum absolute atomic E-state index is 14.1. The molecule has 0 saturated carbocycles. The largest absolute Gasteiger partial charge is 0.354 e. The van der Waals surface area contributed by atoms with Crippen LogP contribution in [0, 0.1) is 5.92 Å². The Hall–Kier alpha value is -2.59. The standard InChI is InChI=1S/C29H32BrCl2N3O4S/c1-20(2)17-33-29(37)27(16-21-10-5-4-6-11-21)34(18-22-24(31)13-9-14-25(22)32)28(36)19-35(40(3,38)39)26-15-8-7-12-23(26)30/h4-15,20,27H,16-19H2,1-3H3,(H,33,37)/t27-/m0/s1. The molecule has 0 unspecified atom stereocenters. The summed E-state index contributed by atoms with van der Waals surface area (Å²) < 4.78 is 27.3. The van der Waals surface area contributed by atoms with Crippen LogP contribution in [0.25, 0.3) is 0 Å². The second-order valence-electron chi connectivity index (χ2n) is 9.79. The van der Waals surface area contributed by atoms with Gasteiger partial charge in [0.15, 0.2) is 0 Å². The van der Waals surface area contributed by atoms with Crippen molar-refractivity contribution in [3.63, 3.8) is 0 Å². The van der Waals surface area contributed by atoms with E-state index in [-0.39, 0.29) is 24.8 Å². The summed E-state index contributed by atoms with van der Waals surface area (Å²) in [5.41, 5.74) is 1.60. The number of nitrogens with one attached hydrogen (secondary N) is 1. The van der Waals surface area contributed by atoms with Gasteiger partial charge in [-0.05, 0) is 51.7 Å². The number of nitrogens with zero attached hydrogens (tertiary/aromatic N) is 2. The zero-order valence-corrected chi connectivity index (χ0v) is 26.4. The first-order valence-electron chi connectivity index (χ1n) is 12.6. The number of para-hydroxylation sites is 1. The van der Waals surface area contributed by atoms with Crippen molar-refractivity contribution in [1.29, 1.82) is 0 Å². The molecule has 3 aromatic carbocycles. The molecule has 1 atom stereocenters. The van der Waals surface area contributed by atoms with Crippen LogP contribution in [0.3, 0.4) is 0 Å². The van der Waals surface area contributed by atoms with E-state index in [1.165, 1.54) is 4.90 Å². The van der Waals surface area contributed by atoms with Crippen molar-refractivity contribution in [3.05, 3.63) is 98.4 Å². The minimum absolute atomic E-state index is 0.0997. The predicted octanol–water partition coefficient (Wildman–Crippen LogP) is 5.93. The summed E-state index contributed by atoms with van der Waals surface area (Å²) in [7, 11) is -3.88. The lowest BCUT2D eigenvalue weighted by Gasteiger charge is -2.34. The molecule has 11 heteroatoms. The van der Waals surface area contributed by atoms with E-state index in [4.69, 9.17) is 23.2 Å². The highest BCUT2D eigenvalue weighted by atomic mass is 79.9. The van der Waals surface area contributed by atoms with Crippen molar-refractivity contribution >= 4 is 66.7 Å². The molecule has 0 aromatic heterocycles. The minimum Gasteiger partial charge on any atom is -0.354 e. The summed E-state index contributed by atoms with van der Waals surface area (Å²) in [6.45, 7) is 3.72. The molecule has 0 radical (unpaired) electrons. The summed E-state index contributed by atoms with van der Waals surface area (Å²) in [5, 5.41) is 3.60. The molecule has 214 valence electrons. The molecule has 2 amide bonds. The third kappa shape index (κ3) is 8.70. The van der Waals surface area contributed by atoms with Crippen LogP contribution in [0.5, 0.6) is 0 Å². The first-order chi connectivity index (χ1) is 18.9. The molecule has 0 aliphatic carbocycles. The number of halogens is 3. The van der Waals surface area contributed by atoms with Crippen LogP contribution in [0.2, 0.25) is 10.0 Å². The van der Waals surface area contributed by atoms with Gasteiger partial charge in [-0.15, -0.1) is 0 Å². The van der Waals surface area contributed by atoms with Crippen molar-refractivity contribution in [1.82, 2.24) is 10.2 Å². The van der Waals surface area contributed by atoms with Crippen molar-refractivity contribution in [2.45, 2.75) is 32.9 Å². The first-order valence-corrected chi connectivity index (χ1v) is 16.0. The molecular weight excluding hydrogens is 637 g/mol. The van der Waals surface area contributed by atoms with Gasteiger partial charge in [0.05, 0.1) is 11.9 Å². The van der Waals surface area contributed by atoms with Gasteiger partial charge in [-0.2, -0.15) is 0 Å². The molecule has 0 spiro atoms. The molecule has 0 bridgehead atoms. The van der Waals surface area contributed by atoms with Crippen molar-refractivity contribution < 1.29 is 18.0 Å². The third-order valence-corrected chi connectivity index (χ3v) is 8.65. The fraction of sp³-hybridized carbons (Fsp3) is 0.310.